The van der Waals surface area contributed by atoms with Crippen molar-refractivity contribution in [2.75, 3.05) is 0 Å². The first-order chi connectivity index (χ1) is 9.47. The van der Waals surface area contributed by atoms with Gasteiger partial charge >= 0.3 is 0 Å². The summed E-state index contributed by atoms with van der Waals surface area (Å²) >= 11 is 0. The zero-order valence-corrected chi connectivity index (χ0v) is 12.0. The van der Waals surface area contributed by atoms with Crippen molar-refractivity contribution in [2.24, 2.45) is 0 Å². The Balaban J connectivity index is 2.85. The number of carbonyl (C=O) groups excluding carboxylic acids is 2. The summed E-state index contributed by atoms with van der Waals surface area (Å²) in [7, 11) is 0. The van der Waals surface area contributed by atoms with Crippen LogP contribution in [0.4, 0.5) is 0 Å². The van der Waals surface area contributed by atoms with E-state index in [0.29, 0.717) is 13.1 Å². The first-order valence-corrected chi connectivity index (χ1v) is 6.35. The molecule has 1 aromatic carbocycles. The fourth-order valence-corrected chi connectivity index (χ4v) is 1.83. The van der Waals surface area contributed by atoms with Gasteiger partial charge in [0.15, 0.2) is 0 Å². The molecule has 0 aliphatic rings. The molecule has 0 atom stereocenters. The molecule has 4 nitrogen and oxygen atoms in total. The smallest absolute Gasteiger partial charge is 0.223 e. The second-order valence-corrected chi connectivity index (χ2v) is 4.48. The normalized spacial score (nSPS) is 9.70. The highest BCUT2D eigenvalue weighted by molar-refractivity contribution is 5.74. The van der Waals surface area contributed by atoms with Gasteiger partial charge in [0.25, 0.3) is 0 Å². The molecule has 0 N–H and O–H groups in total. The average molecular weight is 272 g/mol. The predicted octanol–water partition coefficient (Wildman–Crippen LogP) is 2.67. The molecule has 0 aliphatic carbocycles. The van der Waals surface area contributed by atoms with E-state index in [-0.39, 0.29) is 11.8 Å². The Kier molecular flexibility index (Phi) is 5.72. The van der Waals surface area contributed by atoms with Gasteiger partial charge in [0, 0.05) is 13.8 Å². The van der Waals surface area contributed by atoms with Crippen LogP contribution in [0.15, 0.2) is 49.8 Å². The van der Waals surface area contributed by atoms with Gasteiger partial charge in [-0.3, -0.25) is 9.59 Å². The van der Waals surface area contributed by atoms with Gasteiger partial charge in [-0.1, -0.05) is 37.4 Å². The van der Waals surface area contributed by atoms with E-state index in [1.54, 1.807) is 0 Å². The van der Waals surface area contributed by atoms with Crippen LogP contribution in [0, 0.1) is 0 Å². The van der Waals surface area contributed by atoms with Gasteiger partial charge in [0.1, 0.15) is 0 Å². The summed E-state index contributed by atoms with van der Waals surface area (Å²) in [5, 5.41) is 0. The molecule has 0 heterocycles. The van der Waals surface area contributed by atoms with Gasteiger partial charge in [-0.15, -0.1) is 0 Å². The van der Waals surface area contributed by atoms with E-state index in [9.17, 15) is 9.59 Å². The van der Waals surface area contributed by atoms with Gasteiger partial charge < -0.3 is 9.80 Å². The van der Waals surface area contributed by atoms with Gasteiger partial charge in [-0.05, 0) is 23.5 Å². The van der Waals surface area contributed by atoms with Crippen molar-refractivity contribution in [2.45, 2.75) is 26.9 Å². The minimum atomic E-state index is -0.0538. The largest absolute Gasteiger partial charge is 0.316 e. The quantitative estimate of drug-likeness (QED) is 0.799. The minimum Gasteiger partial charge on any atom is -0.316 e. The maximum atomic E-state index is 11.4. The standard InChI is InChI=1S/C16H20N2O2/c1-5-17(13(3)19)11-15-8-7-9-16(10-15)12-18(6-2)14(4)20/h5-10H,1-2,11-12H2,3-4H3. The maximum Gasteiger partial charge on any atom is 0.223 e. The molecule has 20 heavy (non-hydrogen) atoms. The van der Waals surface area contributed by atoms with Crippen LogP contribution in [0.5, 0.6) is 0 Å². The molecule has 0 unspecified atom stereocenters. The van der Waals surface area contributed by atoms with Crippen molar-refractivity contribution < 1.29 is 9.59 Å². The van der Waals surface area contributed by atoms with Crippen LogP contribution in [0.25, 0.3) is 0 Å². The van der Waals surface area contributed by atoms with E-state index in [2.05, 4.69) is 13.2 Å². The number of amides is 2. The van der Waals surface area contributed by atoms with Crippen LogP contribution in [-0.4, -0.2) is 21.6 Å². The van der Waals surface area contributed by atoms with Crippen LogP contribution < -0.4 is 0 Å². The molecule has 106 valence electrons. The highest BCUT2D eigenvalue weighted by atomic mass is 16.2. The number of carbonyl (C=O) groups is 2. The fraction of sp³-hybridized carbons (Fsp3) is 0.250. The number of hydrogen-bond acceptors (Lipinski definition) is 2. The molecule has 1 rings (SSSR count). The zero-order valence-electron chi connectivity index (χ0n) is 12.0. The lowest BCUT2D eigenvalue weighted by atomic mass is 10.1. The molecule has 0 saturated carbocycles. The molecule has 0 radical (unpaired) electrons. The van der Waals surface area contributed by atoms with Gasteiger partial charge in [-0.2, -0.15) is 0 Å². The van der Waals surface area contributed by atoms with E-state index >= 15 is 0 Å². The molecule has 4 heteroatoms. The predicted molar refractivity (Wildman–Crippen MR) is 79.3 cm³/mol. The SMILES string of the molecule is C=CN(Cc1cccc(CN(C=C)C(C)=O)c1)C(C)=O. The van der Waals surface area contributed by atoms with Crippen molar-refractivity contribution >= 4 is 11.8 Å². The third-order valence-electron chi connectivity index (χ3n) is 2.95. The Morgan fingerprint density at radius 3 is 1.70 bits per heavy atom. The summed E-state index contributed by atoms with van der Waals surface area (Å²) in [6, 6.07) is 7.76. The van der Waals surface area contributed by atoms with Crippen LogP contribution in [0.2, 0.25) is 0 Å². The summed E-state index contributed by atoms with van der Waals surface area (Å²) in [4.78, 5) is 25.8. The van der Waals surface area contributed by atoms with Crippen molar-refractivity contribution in [1.82, 2.24) is 9.80 Å². The molecule has 0 spiro atoms. The van der Waals surface area contributed by atoms with Gasteiger partial charge in [0.05, 0.1) is 13.1 Å². The van der Waals surface area contributed by atoms with E-state index < -0.39 is 0 Å². The van der Waals surface area contributed by atoms with E-state index in [1.165, 1.54) is 36.0 Å². The summed E-state index contributed by atoms with van der Waals surface area (Å²) < 4.78 is 0. The lowest BCUT2D eigenvalue weighted by Crippen LogP contribution is -2.23. The van der Waals surface area contributed by atoms with Gasteiger partial charge in [0.2, 0.25) is 11.8 Å². The zero-order chi connectivity index (χ0) is 15.1. The third-order valence-corrected chi connectivity index (χ3v) is 2.95. The van der Waals surface area contributed by atoms with Crippen molar-refractivity contribution in [3.8, 4) is 0 Å². The monoisotopic (exact) mass is 272 g/mol. The highest BCUT2D eigenvalue weighted by Gasteiger charge is 2.08. The van der Waals surface area contributed by atoms with E-state index in [4.69, 9.17) is 0 Å². The lowest BCUT2D eigenvalue weighted by Gasteiger charge is -2.18. The van der Waals surface area contributed by atoms with E-state index in [1.807, 2.05) is 24.3 Å². The third kappa shape index (κ3) is 4.39. The Labute approximate surface area is 120 Å². The lowest BCUT2D eigenvalue weighted by molar-refractivity contribution is -0.127. The van der Waals surface area contributed by atoms with Crippen LogP contribution in [0.3, 0.4) is 0 Å². The Hall–Kier alpha value is -2.36. The number of nitrogens with zero attached hydrogens (tertiary/aromatic N) is 2. The molecule has 0 aromatic heterocycles. The van der Waals surface area contributed by atoms with Crippen molar-refractivity contribution in [3.63, 3.8) is 0 Å². The summed E-state index contributed by atoms with van der Waals surface area (Å²) in [5.74, 6) is -0.108. The minimum absolute atomic E-state index is 0.0538. The number of rotatable bonds is 6. The molecule has 2 amide bonds. The molecule has 0 fully saturated rings. The van der Waals surface area contributed by atoms with Crippen LogP contribution in [0.1, 0.15) is 25.0 Å². The Bertz CT molecular complexity index is 480. The molecule has 0 saturated heterocycles. The highest BCUT2D eigenvalue weighted by Crippen LogP contribution is 2.11. The Morgan fingerprint density at radius 1 is 1.00 bits per heavy atom. The Morgan fingerprint density at radius 2 is 1.40 bits per heavy atom. The van der Waals surface area contributed by atoms with Crippen molar-refractivity contribution in [3.05, 3.63) is 61.0 Å². The second kappa shape index (κ2) is 7.28. The van der Waals surface area contributed by atoms with Crippen LogP contribution >= 0.6 is 0 Å². The van der Waals surface area contributed by atoms with Crippen molar-refractivity contribution in [1.29, 1.82) is 0 Å². The average Bonchev–Trinajstić information content (AvgIpc) is 2.41. The number of hydrogen-bond donors (Lipinski definition) is 0. The topological polar surface area (TPSA) is 40.6 Å². The fourth-order valence-electron chi connectivity index (χ4n) is 1.83. The first-order valence-electron chi connectivity index (χ1n) is 6.35. The van der Waals surface area contributed by atoms with Gasteiger partial charge in [-0.25, -0.2) is 0 Å². The molecular formula is C16H20N2O2. The molecule has 0 aliphatic heterocycles. The summed E-state index contributed by atoms with van der Waals surface area (Å²) in [6.45, 7) is 11.2. The molecule has 1 aromatic rings. The first kappa shape index (κ1) is 15.7. The molecular weight excluding hydrogens is 252 g/mol. The number of benzene rings is 1. The summed E-state index contributed by atoms with van der Waals surface area (Å²) in [5.41, 5.74) is 1.98. The summed E-state index contributed by atoms with van der Waals surface area (Å²) in [6.07, 6.45) is 3.03. The second-order valence-electron chi connectivity index (χ2n) is 4.48. The van der Waals surface area contributed by atoms with Crippen LogP contribution in [-0.2, 0) is 22.7 Å². The van der Waals surface area contributed by atoms with E-state index in [0.717, 1.165) is 11.1 Å². The maximum absolute atomic E-state index is 11.4. The molecule has 0 bridgehead atoms.